The Hall–Kier alpha value is -1.90. The van der Waals surface area contributed by atoms with Crippen molar-refractivity contribution in [2.24, 2.45) is 0 Å². The Labute approximate surface area is 181 Å². The topological polar surface area (TPSA) is 86.2 Å². The van der Waals surface area contributed by atoms with E-state index in [1.807, 2.05) is 19.3 Å². The second-order valence-corrected chi connectivity index (χ2v) is 9.53. The molecule has 8 heteroatoms. The first-order valence-corrected chi connectivity index (χ1v) is 12.3. The molecule has 1 saturated heterocycles. The molecule has 4 heterocycles. The molecule has 162 valence electrons. The summed E-state index contributed by atoms with van der Waals surface area (Å²) in [5, 5.41) is 3.49. The fourth-order valence-electron chi connectivity index (χ4n) is 4.18. The largest absolute Gasteiger partial charge is 0.611 e. The second kappa shape index (κ2) is 9.94. The van der Waals surface area contributed by atoms with E-state index in [1.54, 1.807) is 0 Å². The molecule has 0 amide bonds. The van der Waals surface area contributed by atoms with Crippen LogP contribution in [0.15, 0.2) is 29.4 Å². The van der Waals surface area contributed by atoms with Gasteiger partial charge in [0.15, 0.2) is 5.82 Å². The van der Waals surface area contributed by atoms with Crippen LogP contribution < -0.4 is 10.2 Å². The minimum absolute atomic E-state index is 0.193. The first-order chi connectivity index (χ1) is 14.7. The van der Waals surface area contributed by atoms with Crippen LogP contribution in [-0.2, 0) is 22.3 Å². The number of hydrogen-bond donors (Lipinski definition) is 1. The molecule has 30 heavy (non-hydrogen) atoms. The molecule has 0 aromatic carbocycles. The Bertz CT molecular complexity index is 830. The molecule has 2 unspecified atom stereocenters. The number of anilines is 2. The number of nitrogens with one attached hydrogen (secondary N) is 1. The molecule has 2 aliphatic heterocycles. The highest BCUT2D eigenvalue weighted by molar-refractivity contribution is 7.91. The number of rotatable bonds is 8. The SMILES string of the molecule is CCOCCC(C)Nc1nc(N2CCC(c3ccncc3)CC2)nc2c1[S+]([O-])CC2. The predicted octanol–water partition coefficient (Wildman–Crippen LogP) is 3.15. The maximum atomic E-state index is 12.6. The zero-order chi connectivity index (χ0) is 20.9. The van der Waals surface area contributed by atoms with Gasteiger partial charge in [0.25, 0.3) is 0 Å². The lowest BCUT2D eigenvalue weighted by Crippen LogP contribution is -2.34. The monoisotopic (exact) mass is 429 g/mol. The summed E-state index contributed by atoms with van der Waals surface area (Å²) in [4.78, 5) is 16.9. The van der Waals surface area contributed by atoms with Gasteiger partial charge in [-0.3, -0.25) is 4.98 Å². The Morgan fingerprint density at radius 2 is 2.03 bits per heavy atom. The lowest BCUT2D eigenvalue weighted by Gasteiger charge is -2.32. The zero-order valence-corrected chi connectivity index (χ0v) is 18.7. The lowest BCUT2D eigenvalue weighted by atomic mass is 9.90. The van der Waals surface area contributed by atoms with Gasteiger partial charge in [-0.15, -0.1) is 0 Å². The van der Waals surface area contributed by atoms with Gasteiger partial charge in [0.1, 0.15) is 11.4 Å². The molecule has 4 rings (SSSR count). The summed E-state index contributed by atoms with van der Waals surface area (Å²) >= 11 is -1.02. The summed E-state index contributed by atoms with van der Waals surface area (Å²) in [6, 6.07) is 4.43. The molecule has 0 spiro atoms. The van der Waals surface area contributed by atoms with Gasteiger partial charge in [-0.2, -0.15) is 4.98 Å². The molecule has 2 atom stereocenters. The number of nitrogens with zero attached hydrogens (tertiary/aromatic N) is 4. The third-order valence-electron chi connectivity index (χ3n) is 5.91. The summed E-state index contributed by atoms with van der Waals surface area (Å²) in [7, 11) is 0. The molecule has 1 N–H and O–H groups in total. The number of pyridine rings is 1. The van der Waals surface area contributed by atoms with Crippen molar-refractivity contribution in [3.63, 3.8) is 0 Å². The van der Waals surface area contributed by atoms with Crippen molar-refractivity contribution in [1.82, 2.24) is 15.0 Å². The van der Waals surface area contributed by atoms with E-state index in [1.165, 1.54) is 5.56 Å². The number of piperidine rings is 1. The number of hydrogen-bond acceptors (Lipinski definition) is 7. The molecule has 0 aliphatic carbocycles. The van der Waals surface area contributed by atoms with E-state index in [4.69, 9.17) is 14.7 Å². The standard InChI is InChI=1S/C22H31N5O2S/c1-3-29-14-8-16(2)24-21-20-19(9-15-30(20)28)25-22(26-21)27-12-6-18(7-13-27)17-4-10-23-11-5-17/h4-5,10-11,16,18H,3,6-9,12-15H2,1-2H3,(H,24,25,26). The molecular weight excluding hydrogens is 398 g/mol. The van der Waals surface area contributed by atoms with E-state index in [0.717, 1.165) is 67.7 Å². The van der Waals surface area contributed by atoms with Crippen molar-refractivity contribution < 1.29 is 9.29 Å². The Morgan fingerprint density at radius 3 is 2.77 bits per heavy atom. The molecule has 0 saturated carbocycles. The van der Waals surface area contributed by atoms with Crippen LogP contribution in [0.2, 0.25) is 0 Å². The first-order valence-electron chi connectivity index (χ1n) is 10.9. The zero-order valence-electron chi connectivity index (χ0n) is 17.8. The van der Waals surface area contributed by atoms with Gasteiger partial charge in [-0.25, -0.2) is 4.98 Å². The second-order valence-electron chi connectivity index (χ2n) is 8.02. The van der Waals surface area contributed by atoms with E-state index in [0.29, 0.717) is 18.3 Å². The fourth-order valence-corrected chi connectivity index (χ4v) is 5.50. The van der Waals surface area contributed by atoms with Crippen molar-refractivity contribution in [1.29, 1.82) is 0 Å². The maximum Gasteiger partial charge on any atom is 0.227 e. The number of fused-ring (bicyclic) bond motifs is 1. The summed E-state index contributed by atoms with van der Waals surface area (Å²) in [6.45, 7) is 7.39. The molecule has 2 aromatic heterocycles. The van der Waals surface area contributed by atoms with Crippen molar-refractivity contribution >= 4 is 22.9 Å². The predicted molar refractivity (Wildman–Crippen MR) is 120 cm³/mol. The minimum atomic E-state index is -1.02. The van der Waals surface area contributed by atoms with Crippen LogP contribution in [0.25, 0.3) is 0 Å². The van der Waals surface area contributed by atoms with Gasteiger partial charge in [0.2, 0.25) is 10.8 Å². The average Bonchev–Trinajstić information content (AvgIpc) is 3.16. The minimum Gasteiger partial charge on any atom is -0.611 e. The van der Waals surface area contributed by atoms with Gasteiger partial charge in [-0.05, 0) is 67.9 Å². The molecule has 2 aliphatic rings. The number of aromatic nitrogens is 3. The van der Waals surface area contributed by atoms with Crippen LogP contribution in [0.5, 0.6) is 0 Å². The van der Waals surface area contributed by atoms with Gasteiger partial charge < -0.3 is 19.5 Å². The molecule has 2 aromatic rings. The van der Waals surface area contributed by atoms with Gasteiger partial charge >= 0.3 is 0 Å². The normalized spacial score (nSPS) is 20.2. The van der Waals surface area contributed by atoms with E-state index in [2.05, 4.69) is 34.3 Å². The summed E-state index contributed by atoms with van der Waals surface area (Å²) in [5.41, 5.74) is 2.30. The molecular formula is C22H31N5O2S. The highest BCUT2D eigenvalue weighted by atomic mass is 32.2. The maximum absolute atomic E-state index is 12.6. The van der Waals surface area contributed by atoms with Gasteiger partial charge in [0, 0.05) is 51.2 Å². The quantitative estimate of drug-likeness (QED) is 0.509. The van der Waals surface area contributed by atoms with E-state index >= 15 is 0 Å². The van der Waals surface area contributed by atoms with Crippen LogP contribution >= 0.6 is 0 Å². The van der Waals surface area contributed by atoms with Crippen LogP contribution in [0.4, 0.5) is 11.8 Å². The highest BCUT2D eigenvalue weighted by Crippen LogP contribution is 2.34. The van der Waals surface area contributed by atoms with Gasteiger partial charge in [0.05, 0.1) is 0 Å². The average molecular weight is 430 g/mol. The van der Waals surface area contributed by atoms with Crippen LogP contribution in [0.3, 0.4) is 0 Å². The van der Waals surface area contributed by atoms with Crippen LogP contribution in [-0.4, -0.2) is 57.6 Å². The summed E-state index contributed by atoms with van der Waals surface area (Å²) in [5.74, 6) is 2.70. The van der Waals surface area contributed by atoms with Gasteiger partial charge in [-0.1, -0.05) is 0 Å². The first kappa shape index (κ1) is 21.3. The number of ether oxygens (including phenoxy) is 1. The van der Waals surface area contributed by atoms with E-state index < -0.39 is 11.2 Å². The smallest absolute Gasteiger partial charge is 0.227 e. The lowest BCUT2D eigenvalue weighted by molar-refractivity contribution is 0.142. The van der Waals surface area contributed by atoms with Crippen molar-refractivity contribution in [2.75, 3.05) is 42.3 Å². The molecule has 1 fully saturated rings. The van der Waals surface area contributed by atoms with Crippen LogP contribution in [0, 0.1) is 0 Å². The van der Waals surface area contributed by atoms with Crippen LogP contribution in [0.1, 0.15) is 50.3 Å². The number of aryl methyl sites for hydroxylation is 1. The Morgan fingerprint density at radius 1 is 1.27 bits per heavy atom. The van der Waals surface area contributed by atoms with E-state index in [9.17, 15) is 4.55 Å². The summed E-state index contributed by atoms with van der Waals surface area (Å²) < 4.78 is 18.0. The summed E-state index contributed by atoms with van der Waals surface area (Å²) in [6.07, 6.45) is 7.53. The molecule has 7 nitrogen and oxygen atoms in total. The van der Waals surface area contributed by atoms with E-state index in [-0.39, 0.29) is 6.04 Å². The van der Waals surface area contributed by atoms with Crippen molar-refractivity contribution in [2.45, 2.75) is 56.4 Å². The third kappa shape index (κ3) is 4.87. The fraction of sp³-hybridized carbons (Fsp3) is 0.591. The Balaban J connectivity index is 1.47. The highest BCUT2D eigenvalue weighted by Gasteiger charge is 2.33. The third-order valence-corrected chi connectivity index (χ3v) is 7.37. The van der Waals surface area contributed by atoms with Crippen molar-refractivity contribution in [3.8, 4) is 0 Å². The van der Waals surface area contributed by atoms with Crippen molar-refractivity contribution in [3.05, 3.63) is 35.8 Å². The molecule has 0 radical (unpaired) electrons. The Kier molecular flexibility index (Phi) is 7.07. The molecule has 0 bridgehead atoms.